The van der Waals surface area contributed by atoms with Crippen molar-refractivity contribution < 1.29 is 4.74 Å². The second-order valence-corrected chi connectivity index (χ2v) is 6.00. The minimum atomic E-state index is 0.622. The lowest BCUT2D eigenvalue weighted by atomic mass is 10.2. The number of anilines is 3. The van der Waals surface area contributed by atoms with Gasteiger partial charge in [-0.2, -0.15) is 0 Å². The molecule has 24 heavy (non-hydrogen) atoms. The van der Waals surface area contributed by atoms with Crippen molar-refractivity contribution in [3.63, 3.8) is 0 Å². The third kappa shape index (κ3) is 4.23. The van der Waals surface area contributed by atoms with Gasteiger partial charge in [0.15, 0.2) is 0 Å². The number of aromatic nitrogens is 2. The molecule has 0 amide bonds. The molecule has 0 radical (unpaired) electrons. The molecule has 1 heterocycles. The second kappa shape index (κ2) is 7.79. The van der Waals surface area contributed by atoms with E-state index in [0.717, 1.165) is 33.1 Å². The number of para-hydroxylation sites is 1. The topological polar surface area (TPSA) is 59.1 Å². The molecule has 1 aromatic heterocycles. The van der Waals surface area contributed by atoms with Crippen molar-refractivity contribution >= 4 is 33.3 Å². The molecule has 5 nitrogen and oxygen atoms in total. The molecule has 0 atom stereocenters. The van der Waals surface area contributed by atoms with E-state index in [1.807, 2.05) is 54.6 Å². The minimum absolute atomic E-state index is 0.622. The van der Waals surface area contributed by atoms with Crippen molar-refractivity contribution in [1.82, 2.24) is 9.97 Å². The molecule has 6 heteroatoms. The Morgan fingerprint density at radius 2 is 1.83 bits per heavy atom. The van der Waals surface area contributed by atoms with Gasteiger partial charge in [-0.05, 0) is 24.3 Å². The number of hydrogen-bond donors (Lipinski definition) is 2. The fraction of sp³-hybridized carbons (Fsp3) is 0.111. The Labute approximate surface area is 149 Å². The van der Waals surface area contributed by atoms with E-state index < -0.39 is 0 Å². The molecular formula is C18H17BrN4O. The predicted octanol–water partition coefficient (Wildman–Crippen LogP) is 4.60. The summed E-state index contributed by atoms with van der Waals surface area (Å²) in [5, 5.41) is 6.55. The van der Waals surface area contributed by atoms with Crippen molar-refractivity contribution in [1.29, 1.82) is 0 Å². The lowest BCUT2D eigenvalue weighted by molar-refractivity contribution is 0.410. The van der Waals surface area contributed by atoms with Crippen LogP contribution in [0, 0.1) is 0 Å². The summed E-state index contributed by atoms with van der Waals surface area (Å²) in [7, 11) is 1.67. The Balaban J connectivity index is 1.69. The van der Waals surface area contributed by atoms with E-state index in [0.29, 0.717) is 6.54 Å². The zero-order valence-corrected chi connectivity index (χ0v) is 14.7. The van der Waals surface area contributed by atoms with Crippen LogP contribution in [-0.2, 0) is 6.54 Å². The lowest BCUT2D eigenvalue weighted by Crippen LogP contribution is -2.04. The van der Waals surface area contributed by atoms with Gasteiger partial charge in [-0.15, -0.1) is 0 Å². The van der Waals surface area contributed by atoms with E-state index >= 15 is 0 Å². The Morgan fingerprint density at radius 3 is 2.67 bits per heavy atom. The fourth-order valence-corrected chi connectivity index (χ4v) is 2.67. The maximum absolute atomic E-state index is 5.36. The molecule has 0 aliphatic heterocycles. The van der Waals surface area contributed by atoms with Crippen molar-refractivity contribution in [2.45, 2.75) is 6.54 Å². The Kier molecular flexibility index (Phi) is 5.28. The van der Waals surface area contributed by atoms with E-state index in [1.165, 1.54) is 6.33 Å². The van der Waals surface area contributed by atoms with E-state index in [1.54, 1.807) is 7.11 Å². The summed E-state index contributed by atoms with van der Waals surface area (Å²) in [4.78, 5) is 8.51. The molecule has 2 aromatic carbocycles. The van der Waals surface area contributed by atoms with Gasteiger partial charge in [-0.25, -0.2) is 9.97 Å². The molecule has 122 valence electrons. The van der Waals surface area contributed by atoms with Gasteiger partial charge in [0.1, 0.15) is 23.7 Å². The van der Waals surface area contributed by atoms with Crippen molar-refractivity contribution in [3.05, 3.63) is 71.0 Å². The Hall–Kier alpha value is -2.60. The first-order chi connectivity index (χ1) is 11.7. The molecule has 2 N–H and O–H groups in total. The van der Waals surface area contributed by atoms with Crippen molar-refractivity contribution in [2.24, 2.45) is 0 Å². The number of benzene rings is 2. The standard InChI is InChI=1S/C18H17BrN4O/c1-24-16-8-3-2-5-13(16)11-20-17-10-18(22-12-21-17)23-15-7-4-6-14(19)9-15/h2-10,12H,11H2,1H3,(H2,20,21,22,23). The largest absolute Gasteiger partial charge is 0.496 e. The van der Waals surface area contributed by atoms with Gasteiger partial charge in [0.2, 0.25) is 0 Å². The van der Waals surface area contributed by atoms with E-state index in [-0.39, 0.29) is 0 Å². The van der Waals surface area contributed by atoms with Crippen LogP contribution in [0.1, 0.15) is 5.56 Å². The summed E-state index contributed by atoms with van der Waals surface area (Å²) in [6, 6.07) is 17.7. The number of halogens is 1. The van der Waals surface area contributed by atoms with Crippen LogP contribution in [0.5, 0.6) is 5.75 Å². The molecule has 0 saturated heterocycles. The van der Waals surface area contributed by atoms with Gasteiger partial charge in [-0.3, -0.25) is 0 Å². The summed E-state index contributed by atoms with van der Waals surface area (Å²) in [6.07, 6.45) is 1.53. The fourth-order valence-electron chi connectivity index (χ4n) is 2.27. The predicted molar refractivity (Wildman–Crippen MR) is 99.8 cm³/mol. The number of nitrogens with zero attached hydrogens (tertiary/aromatic N) is 2. The Bertz CT molecular complexity index is 825. The number of ether oxygens (including phenoxy) is 1. The molecule has 0 unspecified atom stereocenters. The number of rotatable bonds is 6. The van der Waals surface area contributed by atoms with E-state index in [2.05, 4.69) is 36.5 Å². The Morgan fingerprint density at radius 1 is 1.00 bits per heavy atom. The average molecular weight is 385 g/mol. The summed E-state index contributed by atoms with van der Waals surface area (Å²) >= 11 is 3.46. The monoisotopic (exact) mass is 384 g/mol. The molecule has 0 saturated carbocycles. The molecule has 0 aliphatic rings. The highest BCUT2D eigenvalue weighted by molar-refractivity contribution is 9.10. The van der Waals surface area contributed by atoms with Gasteiger partial charge < -0.3 is 15.4 Å². The third-order valence-electron chi connectivity index (χ3n) is 3.42. The van der Waals surface area contributed by atoms with Gasteiger partial charge in [-0.1, -0.05) is 40.2 Å². The normalized spacial score (nSPS) is 10.2. The number of hydrogen-bond acceptors (Lipinski definition) is 5. The van der Waals surface area contributed by atoms with Gasteiger partial charge >= 0.3 is 0 Å². The highest BCUT2D eigenvalue weighted by Crippen LogP contribution is 2.21. The quantitative estimate of drug-likeness (QED) is 0.649. The molecule has 3 rings (SSSR count). The van der Waals surface area contributed by atoms with Gasteiger partial charge in [0.25, 0.3) is 0 Å². The van der Waals surface area contributed by atoms with E-state index in [4.69, 9.17) is 4.74 Å². The van der Waals surface area contributed by atoms with Crippen LogP contribution in [-0.4, -0.2) is 17.1 Å². The van der Waals surface area contributed by atoms with Crippen LogP contribution in [0.15, 0.2) is 65.4 Å². The number of methoxy groups -OCH3 is 1. The first kappa shape index (κ1) is 16.3. The maximum atomic E-state index is 5.36. The third-order valence-corrected chi connectivity index (χ3v) is 3.91. The first-order valence-electron chi connectivity index (χ1n) is 7.45. The van der Waals surface area contributed by atoms with Gasteiger partial charge in [0.05, 0.1) is 7.11 Å². The molecule has 0 fully saturated rings. The minimum Gasteiger partial charge on any atom is -0.496 e. The zero-order chi connectivity index (χ0) is 16.8. The van der Waals surface area contributed by atoms with Gasteiger partial charge in [0, 0.05) is 28.3 Å². The smallest absolute Gasteiger partial charge is 0.135 e. The molecular weight excluding hydrogens is 368 g/mol. The lowest BCUT2D eigenvalue weighted by Gasteiger charge is -2.11. The second-order valence-electron chi connectivity index (χ2n) is 5.09. The van der Waals surface area contributed by atoms with E-state index in [9.17, 15) is 0 Å². The van der Waals surface area contributed by atoms with Crippen LogP contribution in [0.4, 0.5) is 17.3 Å². The number of nitrogens with one attached hydrogen (secondary N) is 2. The SMILES string of the molecule is COc1ccccc1CNc1cc(Nc2cccc(Br)c2)ncn1. The summed E-state index contributed by atoms with van der Waals surface area (Å²) in [6.45, 7) is 0.622. The van der Waals surface area contributed by atoms with Crippen LogP contribution >= 0.6 is 15.9 Å². The maximum Gasteiger partial charge on any atom is 0.135 e. The summed E-state index contributed by atoms with van der Waals surface area (Å²) < 4.78 is 6.37. The average Bonchev–Trinajstić information content (AvgIpc) is 2.60. The summed E-state index contributed by atoms with van der Waals surface area (Å²) in [5.74, 6) is 2.32. The highest BCUT2D eigenvalue weighted by Gasteiger charge is 2.03. The molecule has 0 spiro atoms. The van der Waals surface area contributed by atoms with Crippen molar-refractivity contribution in [3.8, 4) is 5.75 Å². The zero-order valence-electron chi connectivity index (χ0n) is 13.2. The van der Waals surface area contributed by atoms with Crippen LogP contribution in [0.3, 0.4) is 0 Å². The molecule has 0 aliphatic carbocycles. The summed E-state index contributed by atoms with van der Waals surface area (Å²) in [5.41, 5.74) is 2.03. The van der Waals surface area contributed by atoms with Crippen LogP contribution < -0.4 is 15.4 Å². The van der Waals surface area contributed by atoms with Crippen LogP contribution in [0.2, 0.25) is 0 Å². The first-order valence-corrected chi connectivity index (χ1v) is 8.24. The molecule has 3 aromatic rings. The van der Waals surface area contributed by atoms with Crippen molar-refractivity contribution in [2.75, 3.05) is 17.7 Å². The highest BCUT2D eigenvalue weighted by atomic mass is 79.9. The molecule has 0 bridgehead atoms. The van der Waals surface area contributed by atoms with Crippen LogP contribution in [0.25, 0.3) is 0 Å².